The number of Topliss-reactive ketones (excluding diaryl/α,β-unsaturated/α-hetero) is 1. The maximum absolute atomic E-state index is 12.2. The summed E-state index contributed by atoms with van der Waals surface area (Å²) in [5.74, 6) is 1.62. The lowest BCUT2D eigenvalue weighted by atomic mass is 10.1. The average molecular weight is 367 g/mol. The molecule has 0 saturated heterocycles. The first-order valence-corrected chi connectivity index (χ1v) is 8.05. The number of carbonyl (C=O) groups excluding carboxylic acids is 1. The summed E-state index contributed by atoms with van der Waals surface area (Å²) in [6.07, 6.45) is 0. The van der Waals surface area contributed by atoms with Crippen LogP contribution >= 0.6 is 27.7 Å². The molecule has 0 heterocycles. The molecule has 0 saturated carbocycles. The largest absolute Gasteiger partial charge is 0.493 e. The smallest absolute Gasteiger partial charge is 0.173 e. The van der Waals surface area contributed by atoms with Crippen molar-refractivity contribution in [3.8, 4) is 11.5 Å². The lowest BCUT2D eigenvalue weighted by Crippen LogP contribution is -2.03. The van der Waals surface area contributed by atoms with E-state index in [4.69, 9.17) is 9.47 Å². The monoisotopic (exact) mass is 366 g/mol. The van der Waals surface area contributed by atoms with Gasteiger partial charge < -0.3 is 9.47 Å². The predicted octanol–water partition coefficient (Wildman–Crippen LogP) is 4.44. The molecular formula is C16H15BrO3S. The molecule has 2 aromatic rings. The molecule has 2 aromatic carbocycles. The summed E-state index contributed by atoms with van der Waals surface area (Å²) in [6.45, 7) is 0. The van der Waals surface area contributed by atoms with Crippen molar-refractivity contribution in [1.82, 2.24) is 0 Å². The van der Waals surface area contributed by atoms with Gasteiger partial charge in [-0.15, -0.1) is 11.8 Å². The molecule has 0 spiro atoms. The fraction of sp³-hybridized carbons (Fsp3) is 0.188. The van der Waals surface area contributed by atoms with E-state index in [1.54, 1.807) is 32.4 Å². The van der Waals surface area contributed by atoms with Crippen molar-refractivity contribution in [3.63, 3.8) is 0 Å². The van der Waals surface area contributed by atoms with E-state index in [0.29, 0.717) is 22.8 Å². The molecule has 0 fully saturated rings. The highest BCUT2D eigenvalue weighted by atomic mass is 79.9. The Kier molecular flexibility index (Phi) is 5.70. The van der Waals surface area contributed by atoms with Crippen LogP contribution < -0.4 is 9.47 Å². The Morgan fingerprint density at radius 3 is 2.52 bits per heavy atom. The number of halogens is 1. The molecule has 0 aromatic heterocycles. The molecular weight excluding hydrogens is 352 g/mol. The molecule has 0 bridgehead atoms. The standard InChI is InChI=1S/C16H15BrO3S/c1-19-15-7-6-11(8-16(15)20-2)14(18)10-21-13-5-3-4-12(17)9-13/h3-9H,10H2,1-2H3. The van der Waals surface area contributed by atoms with E-state index < -0.39 is 0 Å². The first-order valence-electron chi connectivity index (χ1n) is 6.27. The lowest BCUT2D eigenvalue weighted by molar-refractivity contribution is 0.102. The molecule has 2 rings (SSSR count). The number of ether oxygens (including phenoxy) is 2. The molecule has 5 heteroatoms. The van der Waals surface area contributed by atoms with Gasteiger partial charge in [0.25, 0.3) is 0 Å². The summed E-state index contributed by atoms with van der Waals surface area (Å²) in [5, 5.41) is 0. The molecule has 21 heavy (non-hydrogen) atoms. The number of benzene rings is 2. The Morgan fingerprint density at radius 1 is 1.10 bits per heavy atom. The zero-order chi connectivity index (χ0) is 15.2. The molecule has 0 radical (unpaired) electrons. The summed E-state index contributed by atoms with van der Waals surface area (Å²) in [5.41, 5.74) is 0.621. The number of carbonyl (C=O) groups is 1. The van der Waals surface area contributed by atoms with Crippen LogP contribution in [0.2, 0.25) is 0 Å². The molecule has 0 atom stereocenters. The number of methoxy groups -OCH3 is 2. The summed E-state index contributed by atoms with van der Waals surface area (Å²) in [7, 11) is 3.13. The summed E-state index contributed by atoms with van der Waals surface area (Å²) in [6, 6.07) is 13.1. The second-order valence-electron chi connectivity index (χ2n) is 4.24. The van der Waals surface area contributed by atoms with Gasteiger partial charge in [-0.05, 0) is 36.4 Å². The SMILES string of the molecule is COc1ccc(C(=O)CSc2cccc(Br)c2)cc1OC. The van der Waals surface area contributed by atoms with Gasteiger partial charge >= 0.3 is 0 Å². The van der Waals surface area contributed by atoms with Crippen molar-refractivity contribution >= 4 is 33.5 Å². The third kappa shape index (κ3) is 4.25. The zero-order valence-corrected chi connectivity index (χ0v) is 14.2. The minimum absolute atomic E-state index is 0.0564. The first kappa shape index (κ1) is 15.9. The highest BCUT2D eigenvalue weighted by molar-refractivity contribution is 9.10. The van der Waals surface area contributed by atoms with Gasteiger partial charge in [0.2, 0.25) is 0 Å². The van der Waals surface area contributed by atoms with Gasteiger partial charge in [-0.3, -0.25) is 4.79 Å². The highest BCUT2D eigenvalue weighted by Gasteiger charge is 2.11. The highest BCUT2D eigenvalue weighted by Crippen LogP contribution is 2.29. The first-order chi connectivity index (χ1) is 10.1. The Morgan fingerprint density at radius 2 is 1.86 bits per heavy atom. The van der Waals surface area contributed by atoms with Crippen LogP contribution in [0.5, 0.6) is 11.5 Å². The Bertz CT molecular complexity index is 643. The third-order valence-corrected chi connectivity index (χ3v) is 4.36. The second-order valence-corrected chi connectivity index (χ2v) is 6.20. The number of hydrogen-bond donors (Lipinski definition) is 0. The zero-order valence-electron chi connectivity index (χ0n) is 11.8. The van der Waals surface area contributed by atoms with Crippen molar-refractivity contribution in [2.75, 3.05) is 20.0 Å². The predicted molar refractivity (Wildman–Crippen MR) is 88.7 cm³/mol. The van der Waals surface area contributed by atoms with E-state index in [2.05, 4.69) is 15.9 Å². The van der Waals surface area contributed by atoms with Crippen molar-refractivity contribution in [2.45, 2.75) is 4.90 Å². The minimum atomic E-state index is 0.0564. The number of rotatable bonds is 6. The summed E-state index contributed by atoms with van der Waals surface area (Å²) >= 11 is 4.93. The van der Waals surface area contributed by atoms with Crippen molar-refractivity contribution in [2.24, 2.45) is 0 Å². The van der Waals surface area contributed by atoms with E-state index >= 15 is 0 Å². The quantitative estimate of drug-likeness (QED) is 0.559. The molecule has 0 N–H and O–H groups in total. The van der Waals surface area contributed by atoms with Crippen LogP contribution in [0.25, 0.3) is 0 Å². The van der Waals surface area contributed by atoms with E-state index in [-0.39, 0.29) is 5.78 Å². The maximum Gasteiger partial charge on any atom is 0.173 e. The molecule has 0 aliphatic rings. The van der Waals surface area contributed by atoms with E-state index in [1.807, 2.05) is 24.3 Å². The molecule has 3 nitrogen and oxygen atoms in total. The van der Waals surface area contributed by atoms with Gasteiger partial charge in [0, 0.05) is 14.9 Å². The van der Waals surface area contributed by atoms with Crippen LogP contribution in [0.1, 0.15) is 10.4 Å². The van der Waals surface area contributed by atoms with E-state index in [9.17, 15) is 4.79 Å². The van der Waals surface area contributed by atoms with Gasteiger partial charge in [-0.2, -0.15) is 0 Å². The van der Waals surface area contributed by atoms with Crippen LogP contribution in [0.15, 0.2) is 51.8 Å². The van der Waals surface area contributed by atoms with Crippen molar-refractivity contribution in [1.29, 1.82) is 0 Å². The number of hydrogen-bond acceptors (Lipinski definition) is 4. The van der Waals surface area contributed by atoms with Crippen LogP contribution in [0, 0.1) is 0 Å². The lowest BCUT2D eigenvalue weighted by Gasteiger charge is -2.09. The van der Waals surface area contributed by atoms with Gasteiger partial charge in [0.15, 0.2) is 17.3 Å². The van der Waals surface area contributed by atoms with Gasteiger partial charge in [0.1, 0.15) is 0 Å². The molecule has 0 aliphatic carbocycles. The fourth-order valence-corrected chi connectivity index (χ4v) is 3.20. The van der Waals surface area contributed by atoms with Gasteiger partial charge in [0.05, 0.1) is 20.0 Å². The van der Waals surface area contributed by atoms with Crippen LogP contribution in [-0.4, -0.2) is 25.8 Å². The van der Waals surface area contributed by atoms with Crippen LogP contribution in [-0.2, 0) is 0 Å². The topological polar surface area (TPSA) is 35.5 Å². The van der Waals surface area contributed by atoms with Crippen molar-refractivity contribution in [3.05, 3.63) is 52.5 Å². The number of thioether (sulfide) groups is 1. The van der Waals surface area contributed by atoms with E-state index in [0.717, 1.165) is 9.37 Å². The summed E-state index contributed by atoms with van der Waals surface area (Å²) in [4.78, 5) is 13.3. The summed E-state index contributed by atoms with van der Waals surface area (Å²) < 4.78 is 11.4. The molecule has 110 valence electrons. The Labute approximate surface area is 136 Å². The molecule has 0 amide bonds. The van der Waals surface area contributed by atoms with Gasteiger partial charge in [-0.1, -0.05) is 22.0 Å². The average Bonchev–Trinajstić information content (AvgIpc) is 2.52. The maximum atomic E-state index is 12.2. The normalized spacial score (nSPS) is 10.2. The molecule has 0 unspecified atom stereocenters. The fourth-order valence-electron chi connectivity index (χ4n) is 1.80. The third-order valence-electron chi connectivity index (χ3n) is 2.87. The van der Waals surface area contributed by atoms with Crippen LogP contribution in [0.4, 0.5) is 0 Å². The second kappa shape index (κ2) is 7.52. The molecule has 0 aliphatic heterocycles. The Hall–Kier alpha value is -1.46. The van der Waals surface area contributed by atoms with Gasteiger partial charge in [-0.25, -0.2) is 0 Å². The van der Waals surface area contributed by atoms with E-state index in [1.165, 1.54) is 11.8 Å². The number of ketones is 1. The van der Waals surface area contributed by atoms with Crippen molar-refractivity contribution < 1.29 is 14.3 Å². The van der Waals surface area contributed by atoms with Crippen LogP contribution in [0.3, 0.4) is 0 Å². The Balaban J connectivity index is 2.06. The minimum Gasteiger partial charge on any atom is -0.493 e.